The maximum atomic E-state index is 13.0. The molecule has 0 aromatic heterocycles. The fraction of sp³-hybridized carbons (Fsp3) is 0.350. The van der Waals surface area contributed by atoms with Gasteiger partial charge in [-0.2, -0.15) is 0 Å². The molecule has 1 fully saturated rings. The van der Waals surface area contributed by atoms with Crippen LogP contribution in [0.2, 0.25) is 0 Å². The van der Waals surface area contributed by atoms with Gasteiger partial charge in [-0.25, -0.2) is 9.18 Å². The van der Waals surface area contributed by atoms with E-state index < -0.39 is 0 Å². The Morgan fingerprint density at radius 1 is 0.960 bits per heavy atom. The minimum Gasteiger partial charge on any atom is -0.368 e. The number of benzene rings is 2. The number of urea groups is 1. The average molecular weight is 341 g/mol. The lowest BCUT2D eigenvalue weighted by molar-refractivity contribution is 0.194. The predicted molar refractivity (Wildman–Crippen MR) is 98.3 cm³/mol. The first-order chi connectivity index (χ1) is 12.2. The second-order valence-corrected chi connectivity index (χ2v) is 6.27. The molecule has 1 saturated heterocycles. The van der Waals surface area contributed by atoms with Gasteiger partial charge >= 0.3 is 6.03 Å². The van der Waals surface area contributed by atoms with Crippen molar-refractivity contribution in [2.75, 3.05) is 37.6 Å². The molecule has 25 heavy (non-hydrogen) atoms. The third-order valence-electron chi connectivity index (χ3n) is 4.52. The van der Waals surface area contributed by atoms with Crippen molar-refractivity contribution in [1.29, 1.82) is 0 Å². The number of piperazine rings is 1. The molecule has 1 heterocycles. The number of carbonyl (C=O) groups is 1. The van der Waals surface area contributed by atoms with Crippen LogP contribution in [0, 0.1) is 5.82 Å². The SMILES string of the molecule is O=C(NCCCc1ccccc1)N1CCN(c2ccc(F)cc2)CC1. The van der Waals surface area contributed by atoms with Crippen LogP contribution in [0.15, 0.2) is 54.6 Å². The van der Waals surface area contributed by atoms with E-state index in [1.54, 1.807) is 12.1 Å². The minimum atomic E-state index is -0.225. The van der Waals surface area contributed by atoms with E-state index in [9.17, 15) is 9.18 Å². The maximum Gasteiger partial charge on any atom is 0.317 e. The first-order valence-electron chi connectivity index (χ1n) is 8.79. The Morgan fingerprint density at radius 2 is 1.64 bits per heavy atom. The van der Waals surface area contributed by atoms with Gasteiger partial charge in [0.25, 0.3) is 0 Å². The Bertz CT molecular complexity index is 667. The summed E-state index contributed by atoms with van der Waals surface area (Å²) in [5.41, 5.74) is 2.30. The monoisotopic (exact) mass is 341 g/mol. The number of nitrogens with one attached hydrogen (secondary N) is 1. The first kappa shape index (κ1) is 17.3. The summed E-state index contributed by atoms with van der Waals surface area (Å²) < 4.78 is 13.0. The lowest BCUT2D eigenvalue weighted by Crippen LogP contribution is -2.52. The smallest absolute Gasteiger partial charge is 0.317 e. The Hall–Kier alpha value is -2.56. The van der Waals surface area contributed by atoms with Gasteiger partial charge in [0.2, 0.25) is 0 Å². The Morgan fingerprint density at radius 3 is 2.32 bits per heavy atom. The standard InChI is InChI=1S/C20H24FN3O/c21-18-8-10-19(11-9-18)23-13-15-24(16-14-23)20(25)22-12-4-7-17-5-2-1-3-6-17/h1-3,5-6,8-11H,4,7,12-16H2,(H,22,25). The predicted octanol–water partition coefficient (Wildman–Crippen LogP) is 3.29. The largest absolute Gasteiger partial charge is 0.368 e. The number of halogens is 1. The molecule has 0 bridgehead atoms. The number of amides is 2. The van der Waals surface area contributed by atoms with Crippen molar-refractivity contribution in [3.8, 4) is 0 Å². The van der Waals surface area contributed by atoms with Gasteiger partial charge in [-0.3, -0.25) is 0 Å². The van der Waals surface area contributed by atoms with Crippen LogP contribution in [0.25, 0.3) is 0 Å². The highest BCUT2D eigenvalue weighted by molar-refractivity contribution is 5.74. The van der Waals surface area contributed by atoms with Gasteiger partial charge in [0.05, 0.1) is 0 Å². The molecule has 1 aliphatic heterocycles. The number of aryl methyl sites for hydroxylation is 1. The lowest BCUT2D eigenvalue weighted by Gasteiger charge is -2.36. The van der Waals surface area contributed by atoms with Crippen LogP contribution in [-0.2, 0) is 6.42 Å². The van der Waals surface area contributed by atoms with Crippen LogP contribution >= 0.6 is 0 Å². The van der Waals surface area contributed by atoms with Gasteiger partial charge in [0.15, 0.2) is 0 Å². The fourth-order valence-corrected chi connectivity index (χ4v) is 3.06. The summed E-state index contributed by atoms with van der Waals surface area (Å²) in [4.78, 5) is 16.3. The van der Waals surface area contributed by atoms with E-state index >= 15 is 0 Å². The maximum absolute atomic E-state index is 13.0. The summed E-state index contributed by atoms with van der Waals surface area (Å²) in [5.74, 6) is -0.225. The molecular weight excluding hydrogens is 317 g/mol. The molecule has 3 rings (SSSR count). The first-order valence-corrected chi connectivity index (χ1v) is 8.79. The third-order valence-corrected chi connectivity index (χ3v) is 4.52. The quantitative estimate of drug-likeness (QED) is 0.847. The number of hydrogen-bond donors (Lipinski definition) is 1. The molecule has 4 nitrogen and oxygen atoms in total. The summed E-state index contributed by atoms with van der Waals surface area (Å²) in [7, 11) is 0. The minimum absolute atomic E-state index is 0.00631. The summed E-state index contributed by atoms with van der Waals surface area (Å²) in [5, 5.41) is 3.00. The van der Waals surface area contributed by atoms with Crippen LogP contribution in [0.5, 0.6) is 0 Å². The van der Waals surface area contributed by atoms with Gasteiger partial charge in [0, 0.05) is 38.4 Å². The molecule has 1 aliphatic rings. The van der Waals surface area contributed by atoms with Gasteiger partial charge in [-0.15, -0.1) is 0 Å². The zero-order valence-electron chi connectivity index (χ0n) is 14.3. The molecule has 132 valence electrons. The lowest BCUT2D eigenvalue weighted by atomic mass is 10.1. The summed E-state index contributed by atoms with van der Waals surface area (Å²) in [6.07, 6.45) is 1.91. The van der Waals surface area contributed by atoms with Crippen molar-refractivity contribution in [1.82, 2.24) is 10.2 Å². The van der Waals surface area contributed by atoms with E-state index in [1.165, 1.54) is 17.7 Å². The van der Waals surface area contributed by atoms with Gasteiger partial charge < -0.3 is 15.1 Å². The zero-order valence-corrected chi connectivity index (χ0v) is 14.3. The van der Waals surface area contributed by atoms with E-state index in [0.29, 0.717) is 19.6 Å². The van der Waals surface area contributed by atoms with Crippen molar-refractivity contribution < 1.29 is 9.18 Å². The number of hydrogen-bond acceptors (Lipinski definition) is 2. The van der Waals surface area contributed by atoms with Crippen molar-refractivity contribution in [3.05, 3.63) is 66.0 Å². The Balaban J connectivity index is 1.37. The average Bonchev–Trinajstić information content (AvgIpc) is 2.67. The molecule has 2 aromatic rings. The molecule has 5 heteroatoms. The third kappa shape index (κ3) is 4.95. The zero-order chi connectivity index (χ0) is 17.5. The number of carbonyl (C=O) groups excluding carboxylic acids is 1. The van der Waals surface area contributed by atoms with E-state index in [0.717, 1.165) is 31.6 Å². The second kappa shape index (κ2) is 8.51. The Labute approximate surface area is 148 Å². The second-order valence-electron chi connectivity index (χ2n) is 6.27. The van der Waals surface area contributed by atoms with E-state index in [-0.39, 0.29) is 11.8 Å². The van der Waals surface area contributed by atoms with Gasteiger partial charge in [0.1, 0.15) is 5.82 Å². The van der Waals surface area contributed by atoms with Crippen molar-refractivity contribution in [2.45, 2.75) is 12.8 Å². The number of anilines is 1. The van der Waals surface area contributed by atoms with Crippen LogP contribution in [0.3, 0.4) is 0 Å². The summed E-state index contributed by atoms with van der Waals surface area (Å²) >= 11 is 0. The van der Waals surface area contributed by atoms with Gasteiger partial charge in [-0.05, 0) is 42.7 Å². The summed E-state index contributed by atoms with van der Waals surface area (Å²) in [6, 6.07) is 16.8. The van der Waals surface area contributed by atoms with Crippen LogP contribution in [-0.4, -0.2) is 43.7 Å². The molecule has 0 spiro atoms. The van der Waals surface area contributed by atoms with E-state index in [4.69, 9.17) is 0 Å². The Kier molecular flexibility index (Phi) is 5.88. The molecule has 2 aromatic carbocycles. The summed E-state index contributed by atoms with van der Waals surface area (Å²) in [6.45, 7) is 3.59. The molecule has 0 atom stereocenters. The van der Waals surface area contributed by atoms with Crippen molar-refractivity contribution >= 4 is 11.7 Å². The molecule has 0 aliphatic carbocycles. The van der Waals surface area contributed by atoms with Crippen LogP contribution < -0.4 is 10.2 Å². The molecule has 0 saturated carbocycles. The highest BCUT2D eigenvalue weighted by Crippen LogP contribution is 2.16. The fourth-order valence-electron chi connectivity index (χ4n) is 3.06. The van der Waals surface area contributed by atoms with Crippen molar-refractivity contribution in [3.63, 3.8) is 0 Å². The molecule has 0 radical (unpaired) electrons. The van der Waals surface area contributed by atoms with E-state index in [1.807, 2.05) is 23.1 Å². The molecule has 1 N–H and O–H groups in total. The molecule has 0 unspecified atom stereocenters. The number of nitrogens with zero attached hydrogens (tertiary/aromatic N) is 2. The van der Waals surface area contributed by atoms with Gasteiger partial charge in [-0.1, -0.05) is 30.3 Å². The van der Waals surface area contributed by atoms with Crippen LogP contribution in [0.4, 0.5) is 14.9 Å². The highest BCUT2D eigenvalue weighted by atomic mass is 19.1. The molecular formula is C20H24FN3O. The normalized spacial score (nSPS) is 14.4. The topological polar surface area (TPSA) is 35.6 Å². The number of rotatable bonds is 5. The van der Waals surface area contributed by atoms with E-state index in [2.05, 4.69) is 22.3 Å². The van der Waals surface area contributed by atoms with Crippen molar-refractivity contribution in [2.24, 2.45) is 0 Å². The van der Waals surface area contributed by atoms with Crippen LogP contribution in [0.1, 0.15) is 12.0 Å². The molecule has 2 amide bonds. The highest BCUT2D eigenvalue weighted by Gasteiger charge is 2.20.